The molecular formula is C34H33F3N4O6. The second kappa shape index (κ2) is 12.7. The van der Waals surface area contributed by atoms with Gasteiger partial charge in [0.15, 0.2) is 11.5 Å². The number of nitro benzene ring substituents is 1. The zero-order valence-corrected chi connectivity index (χ0v) is 25.7. The van der Waals surface area contributed by atoms with E-state index < -0.39 is 23.2 Å². The van der Waals surface area contributed by atoms with Crippen LogP contribution >= 0.6 is 0 Å². The Kier molecular flexibility index (Phi) is 8.68. The molecule has 0 aliphatic carbocycles. The highest BCUT2D eigenvalue weighted by atomic mass is 19.4. The number of aromatic nitrogens is 2. The molecule has 1 saturated heterocycles. The molecule has 0 saturated carbocycles. The molecule has 0 spiro atoms. The van der Waals surface area contributed by atoms with Gasteiger partial charge >= 0.3 is 6.18 Å². The Balaban J connectivity index is 1.27. The number of nitrogens with zero attached hydrogens (tertiary/aromatic N) is 4. The van der Waals surface area contributed by atoms with Crippen LogP contribution in [0.1, 0.15) is 24.0 Å². The van der Waals surface area contributed by atoms with E-state index in [0.717, 1.165) is 22.4 Å². The predicted molar refractivity (Wildman–Crippen MR) is 169 cm³/mol. The summed E-state index contributed by atoms with van der Waals surface area (Å²) in [7, 11) is 3.04. The van der Waals surface area contributed by atoms with Gasteiger partial charge < -0.3 is 23.9 Å². The standard InChI is InChI=1S/C34H33F3N4O6/c1-45-30-16-23-18-38-13-10-26(23)31(46-2)32(30)47-25-11-14-39(15-12-25)21-33(42,34(35,36)37)28-20-40(19-22-6-4-3-5-7-22)29-17-24(41(43)44)8-9-27(28)29/h3-10,13,16-18,20,25,42H,11-12,14-15,19,21H2,1-2H3. The maximum atomic E-state index is 14.9. The average Bonchev–Trinajstić information content (AvgIpc) is 3.43. The lowest BCUT2D eigenvalue weighted by Gasteiger charge is -2.39. The van der Waals surface area contributed by atoms with Gasteiger partial charge in [-0.2, -0.15) is 13.2 Å². The SMILES string of the molecule is COc1cc2cnccc2c(OC)c1OC1CCN(CC(O)(c2cn(Cc3ccccc3)c3cc([N+](=O)[O-])ccc23)C(F)(F)F)CC1. The number of nitro groups is 1. The van der Waals surface area contributed by atoms with Gasteiger partial charge in [-0.05, 0) is 36.6 Å². The van der Waals surface area contributed by atoms with Crippen molar-refractivity contribution in [3.63, 3.8) is 0 Å². The summed E-state index contributed by atoms with van der Waals surface area (Å²) in [5, 5.41) is 24.8. The molecule has 1 unspecified atom stereocenters. The minimum atomic E-state index is -5.05. The van der Waals surface area contributed by atoms with Gasteiger partial charge in [-0.15, -0.1) is 0 Å². The maximum Gasteiger partial charge on any atom is 0.422 e. The molecule has 2 aromatic heterocycles. The Labute approximate surface area is 268 Å². The maximum absolute atomic E-state index is 14.9. The van der Waals surface area contributed by atoms with Crippen LogP contribution in [0, 0.1) is 10.1 Å². The number of hydrogen-bond donors (Lipinski definition) is 1. The number of methoxy groups -OCH3 is 2. The summed E-state index contributed by atoms with van der Waals surface area (Å²) < 4.78 is 63.9. The summed E-state index contributed by atoms with van der Waals surface area (Å²) in [5.41, 5.74) is -2.86. The van der Waals surface area contributed by atoms with Crippen molar-refractivity contribution >= 4 is 27.4 Å². The van der Waals surface area contributed by atoms with Gasteiger partial charge in [0.05, 0.1) is 24.7 Å². The van der Waals surface area contributed by atoms with Crippen LogP contribution in [0.15, 0.2) is 79.3 Å². The molecule has 47 heavy (non-hydrogen) atoms. The normalized spacial score (nSPS) is 15.9. The van der Waals surface area contributed by atoms with Gasteiger partial charge in [0, 0.05) is 78.6 Å². The lowest BCUT2D eigenvalue weighted by atomic mass is 9.91. The second-order valence-electron chi connectivity index (χ2n) is 11.6. The highest BCUT2D eigenvalue weighted by molar-refractivity contribution is 5.92. The Morgan fingerprint density at radius 1 is 1.00 bits per heavy atom. The second-order valence-corrected chi connectivity index (χ2v) is 11.6. The Morgan fingerprint density at radius 3 is 2.40 bits per heavy atom. The van der Waals surface area contributed by atoms with E-state index in [1.54, 1.807) is 41.6 Å². The van der Waals surface area contributed by atoms with E-state index in [1.807, 2.05) is 18.2 Å². The number of halogens is 3. The van der Waals surface area contributed by atoms with Crippen molar-refractivity contribution in [1.29, 1.82) is 0 Å². The Morgan fingerprint density at radius 2 is 1.74 bits per heavy atom. The molecule has 3 aromatic carbocycles. The molecule has 0 amide bonds. The number of likely N-dealkylation sites (tertiary alicyclic amines) is 1. The molecule has 1 aliphatic heterocycles. The van der Waals surface area contributed by atoms with Crippen LogP contribution in [0.4, 0.5) is 18.9 Å². The van der Waals surface area contributed by atoms with Gasteiger partial charge in [0.2, 0.25) is 11.4 Å². The first-order valence-electron chi connectivity index (χ1n) is 15.0. The average molecular weight is 651 g/mol. The molecule has 1 aliphatic rings. The summed E-state index contributed by atoms with van der Waals surface area (Å²) in [6, 6.07) is 16.3. The largest absolute Gasteiger partial charge is 0.493 e. The third-order valence-corrected chi connectivity index (χ3v) is 8.70. The fraction of sp³-hybridized carbons (Fsp3) is 0.324. The summed E-state index contributed by atoms with van der Waals surface area (Å²) >= 11 is 0. The molecule has 5 aromatic rings. The van der Waals surface area contributed by atoms with Gasteiger partial charge in [0.25, 0.3) is 5.69 Å². The fourth-order valence-electron chi connectivity index (χ4n) is 6.27. The lowest BCUT2D eigenvalue weighted by molar-refractivity contribution is -0.384. The zero-order chi connectivity index (χ0) is 33.3. The highest BCUT2D eigenvalue weighted by Gasteiger charge is 2.57. The monoisotopic (exact) mass is 650 g/mol. The number of ether oxygens (including phenoxy) is 3. The number of aliphatic hydroxyl groups is 1. The molecule has 3 heterocycles. The first-order valence-corrected chi connectivity index (χ1v) is 15.0. The van der Waals surface area contributed by atoms with Crippen molar-refractivity contribution in [2.75, 3.05) is 33.9 Å². The van der Waals surface area contributed by atoms with Crippen molar-refractivity contribution in [2.24, 2.45) is 0 Å². The quantitative estimate of drug-likeness (QED) is 0.136. The number of piperidine rings is 1. The van der Waals surface area contributed by atoms with Crippen molar-refractivity contribution in [3.8, 4) is 17.2 Å². The minimum absolute atomic E-state index is 0.0928. The van der Waals surface area contributed by atoms with Gasteiger partial charge in [-0.25, -0.2) is 0 Å². The predicted octanol–water partition coefficient (Wildman–Crippen LogP) is 6.46. The molecule has 246 valence electrons. The van der Waals surface area contributed by atoms with Crippen molar-refractivity contribution in [3.05, 3.63) is 100 Å². The van der Waals surface area contributed by atoms with Crippen molar-refractivity contribution in [1.82, 2.24) is 14.5 Å². The topological polar surface area (TPSA) is 112 Å². The van der Waals surface area contributed by atoms with E-state index in [2.05, 4.69) is 4.98 Å². The van der Waals surface area contributed by atoms with E-state index in [4.69, 9.17) is 14.2 Å². The molecule has 0 bridgehead atoms. The number of pyridine rings is 1. The molecule has 1 N–H and O–H groups in total. The van der Waals surface area contributed by atoms with Crippen LogP contribution in [0.3, 0.4) is 0 Å². The zero-order valence-electron chi connectivity index (χ0n) is 25.7. The summed E-state index contributed by atoms with van der Waals surface area (Å²) in [5.74, 6) is 1.32. The first kappa shape index (κ1) is 32.1. The number of alkyl halides is 3. The first-order chi connectivity index (χ1) is 22.5. The van der Waals surface area contributed by atoms with E-state index in [0.29, 0.717) is 30.1 Å². The third-order valence-electron chi connectivity index (χ3n) is 8.70. The fourth-order valence-corrected chi connectivity index (χ4v) is 6.27. The van der Waals surface area contributed by atoms with Crippen LogP contribution in [0.2, 0.25) is 0 Å². The smallest absolute Gasteiger partial charge is 0.422 e. The minimum Gasteiger partial charge on any atom is -0.493 e. The summed E-state index contributed by atoms with van der Waals surface area (Å²) in [6.07, 6.45) is -0.0343. The lowest BCUT2D eigenvalue weighted by Crippen LogP contribution is -2.53. The molecule has 13 heteroatoms. The Bertz CT molecular complexity index is 1910. The van der Waals surface area contributed by atoms with Crippen LogP contribution in [0.5, 0.6) is 17.2 Å². The number of non-ortho nitro benzene ring substituents is 1. The van der Waals surface area contributed by atoms with E-state index in [1.165, 1.54) is 37.1 Å². The molecule has 0 radical (unpaired) electrons. The number of benzene rings is 3. The van der Waals surface area contributed by atoms with Crippen LogP contribution in [0.25, 0.3) is 21.7 Å². The third kappa shape index (κ3) is 6.15. The van der Waals surface area contributed by atoms with Gasteiger partial charge in [-0.1, -0.05) is 30.3 Å². The van der Waals surface area contributed by atoms with Crippen molar-refractivity contribution < 1.29 is 37.4 Å². The molecule has 6 rings (SSSR count). The van der Waals surface area contributed by atoms with Crippen molar-refractivity contribution in [2.45, 2.75) is 37.3 Å². The molecular weight excluding hydrogens is 617 g/mol. The molecule has 10 nitrogen and oxygen atoms in total. The van der Waals surface area contributed by atoms with Gasteiger partial charge in [-0.3, -0.25) is 20.0 Å². The summed E-state index contributed by atoms with van der Waals surface area (Å²) in [6.45, 7) is -0.119. The molecule has 1 fully saturated rings. The van der Waals surface area contributed by atoms with Crippen LogP contribution in [-0.4, -0.2) is 70.6 Å². The number of fused-ring (bicyclic) bond motifs is 2. The van der Waals surface area contributed by atoms with Crippen LogP contribution in [-0.2, 0) is 12.1 Å². The number of hydrogen-bond acceptors (Lipinski definition) is 8. The molecule has 1 atom stereocenters. The summed E-state index contributed by atoms with van der Waals surface area (Å²) in [4.78, 5) is 16.7. The van der Waals surface area contributed by atoms with E-state index in [-0.39, 0.29) is 47.9 Å². The highest BCUT2D eigenvalue weighted by Crippen LogP contribution is 2.46. The Hall–Kier alpha value is -4.88. The number of β-amino-alcohol motifs (C(OH)–C–C–N with tert-alkyl or cyclic N) is 1. The van der Waals surface area contributed by atoms with Crippen LogP contribution < -0.4 is 14.2 Å². The van der Waals surface area contributed by atoms with Gasteiger partial charge in [0.1, 0.15) is 6.10 Å². The van der Waals surface area contributed by atoms with E-state index >= 15 is 0 Å². The van der Waals surface area contributed by atoms with E-state index in [9.17, 15) is 28.4 Å². The number of rotatable bonds is 10.